The van der Waals surface area contributed by atoms with Crippen LogP contribution in [0.3, 0.4) is 0 Å². The molecule has 2 aromatic rings. The van der Waals surface area contributed by atoms with Crippen molar-refractivity contribution < 1.29 is 9.18 Å². The third-order valence-electron chi connectivity index (χ3n) is 2.65. The van der Waals surface area contributed by atoms with Gasteiger partial charge in [0.25, 0.3) is 0 Å². The molecule has 0 N–H and O–H groups in total. The Labute approximate surface area is 99.1 Å². The molecule has 0 saturated carbocycles. The Kier molecular flexibility index (Phi) is 3.00. The van der Waals surface area contributed by atoms with E-state index in [1.54, 1.807) is 24.4 Å². The van der Waals surface area contributed by atoms with Crippen LogP contribution in [0.5, 0.6) is 0 Å². The Hall–Kier alpha value is -2.03. The Bertz CT molecular complexity index is 578. The maximum atomic E-state index is 13.6. The highest BCUT2D eigenvalue weighted by Gasteiger charge is 2.15. The van der Waals surface area contributed by atoms with Crippen LogP contribution in [-0.2, 0) is 0 Å². The van der Waals surface area contributed by atoms with Gasteiger partial charge in [0.15, 0.2) is 5.78 Å². The zero-order valence-corrected chi connectivity index (χ0v) is 9.70. The molecule has 0 bridgehead atoms. The number of aryl methyl sites for hydroxylation is 2. The molecular formula is C14H12FNO. The van der Waals surface area contributed by atoms with Crippen molar-refractivity contribution in [3.63, 3.8) is 0 Å². The number of carbonyl (C=O) groups excluding carboxylic acids is 1. The van der Waals surface area contributed by atoms with Crippen LogP contribution in [0.25, 0.3) is 0 Å². The van der Waals surface area contributed by atoms with Crippen molar-refractivity contribution in [3.8, 4) is 0 Å². The quantitative estimate of drug-likeness (QED) is 0.741. The predicted molar refractivity (Wildman–Crippen MR) is 63.5 cm³/mol. The van der Waals surface area contributed by atoms with Crippen LogP contribution in [0.1, 0.15) is 27.0 Å². The van der Waals surface area contributed by atoms with Crippen LogP contribution < -0.4 is 0 Å². The SMILES string of the molecule is Cc1ccc(F)c(C(=O)c2cnccc2C)c1. The molecule has 0 saturated heterocycles. The lowest BCUT2D eigenvalue weighted by Crippen LogP contribution is -2.07. The maximum absolute atomic E-state index is 13.6. The Morgan fingerprint density at radius 3 is 2.65 bits per heavy atom. The van der Waals surface area contributed by atoms with Gasteiger partial charge in [0.2, 0.25) is 0 Å². The predicted octanol–water partition coefficient (Wildman–Crippen LogP) is 3.07. The number of rotatable bonds is 2. The number of pyridine rings is 1. The molecule has 1 heterocycles. The van der Waals surface area contributed by atoms with Gasteiger partial charge < -0.3 is 0 Å². The normalized spacial score (nSPS) is 10.3. The molecule has 0 aliphatic heterocycles. The van der Waals surface area contributed by atoms with Crippen molar-refractivity contribution in [2.24, 2.45) is 0 Å². The summed E-state index contributed by atoms with van der Waals surface area (Å²) >= 11 is 0. The summed E-state index contributed by atoms with van der Waals surface area (Å²) in [6.45, 7) is 3.63. The van der Waals surface area contributed by atoms with E-state index in [9.17, 15) is 9.18 Å². The second kappa shape index (κ2) is 4.45. The van der Waals surface area contributed by atoms with E-state index in [-0.39, 0.29) is 11.3 Å². The molecule has 2 rings (SSSR count). The van der Waals surface area contributed by atoms with Crippen LogP contribution in [0.15, 0.2) is 36.7 Å². The number of carbonyl (C=O) groups is 1. The van der Waals surface area contributed by atoms with Gasteiger partial charge in [-0.25, -0.2) is 4.39 Å². The summed E-state index contributed by atoms with van der Waals surface area (Å²) in [6, 6.07) is 6.25. The standard InChI is InChI=1S/C14H12FNO/c1-9-3-4-13(15)11(7-9)14(17)12-8-16-6-5-10(12)2/h3-8H,1-2H3. The summed E-state index contributed by atoms with van der Waals surface area (Å²) in [5.41, 5.74) is 2.19. The van der Waals surface area contributed by atoms with Crippen LogP contribution in [0.2, 0.25) is 0 Å². The molecule has 2 nitrogen and oxygen atoms in total. The molecule has 0 atom stereocenters. The minimum Gasteiger partial charge on any atom is -0.288 e. The fourth-order valence-corrected chi connectivity index (χ4v) is 1.66. The van der Waals surface area contributed by atoms with Crippen molar-refractivity contribution in [2.75, 3.05) is 0 Å². The molecular weight excluding hydrogens is 217 g/mol. The highest BCUT2D eigenvalue weighted by Crippen LogP contribution is 2.16. The topological polar surface area (TPSA) is 30.0 Å². The average Bonchev–Trinajstić information content (AvgIpc) is 2.32. The highest BCUT2D eigenvalue weighted by atomic mass is 19.1. The van der Waals surface area contributed by atoms with Gasteiger partial charge in [-0.1, -0.05) is 11.6 Å². The first-order valence-corrected chi connectivity index (χ1v) is 5.31. The van der Waals surface area contributed by atoms with E-state index >= 15 is 0 Å². The smallest absolute Gasteiger partial charge is 0.197 e. The van der Waals surface area contributed by atoms with Crippen molar-refractivity contribution in [1.82, 2.24) is 4.98 Å². The molecule has 0 radical (unpaired) electrons. The largest absolute Gasteiger partial charge is 0.288 e. The number of nitrogens with zero attached hydrogens (tertiary/aromatic N) is 1. The minimum absolute atomic E-state index is 0.0982. The molecule has 86 valence electrons. The molecule has 0 spiro atoms. The van der Waals surface area contributed by atoms with Crippen molar-refractivity contribution in [1.29, 1.82) is 0 Å². The van der Waals surface area contributed by atoms with Gasteiger partial charge in [-0.05, 0) is 37.6 Å². The van der Waals surface area contributed by atoms with Crippen LogP contribution in [-0.4, -0.2) is 10.8 Å². The number of aromatic nitrogens is 1. The monoisotopic (exact) mass is 229 g/mol. The van der Waals surface area contributed by atoms with E-state index in [1.165, 1.54) is 12.3 Å². The Morgan fingerprint density at radius 2 is 1.94 bits per heavy atom. The van der Waals surface area contributed by atoms with Gasteiger partial charge >= 0.3 is 0 Å². The van der Waals surface area contributed by atoms with E-state index in [2.05, 4.69) is 4.98 Å². The molecule has 0 aliphatic carbocycles. The van der Waals surface area contributed by atoms with Gasteiger partial charge in [-0.2, -0.15) is 0 Å². The number of ketones is 1. The summed E-state index contributed by atoms with van der Waals surface area (Å²) in [7, 11) is 0. The van der Waals surface area contributed by atoms with Gasteiger partial charge in [-0.15, -0.1) is 0 Å². The first kappa shape index (κ1) is 11.5. The molecule has 3 heteroatoms. The number of benzene rings is 1. The fraction of sp³-hybridized carbons (Fsp3) is 0.143. The lowest BCUT2D eigenvalue weighted by molar-refractivity contribution is 0.103. The first-order valence-electron chi connectivity index (χ1n) is 5.31. The van der Waals surface area contributed by atoms with Gasteiger partial charge in [0.1, 0.15) is 5.82 Å². The zero-order valence-electron chi connectivity index (χ0n) is 9.70. The minimum atomic E-state index is -0.496. The summed E-state index contributed by atoms with van der Waals surface area (Å²) in [6.07, 6.45) is 3.08. The molecule has 0 aliphatic rings. The average molecular weight is 229 g/mol. The van der Waals surface area contributed by atoms with Crippen molar-refractivity contribution in [2.45, 2.75) is 13.8 Å². The molecule has 0 unspecified atom stereocenters. The van der Waals surface area contributed by atoms with E-state index in [0.29, 0.717) is 5.56 Å². The number of hydrogen-bond acceptors (Lipinski definition) is 2. The Morgan fingerprint density at radius 1 is 1.18 bits per heavy atom. The molecule has 17 heavy (non-hydrogen) atoms. The van der Waals surface area contributed by atoms with Crippen LogP contribution in [0, 0.1) is 19.7 Å². The second-order valence-corrected chi connectivity index (χ2v) is 4.00. The molecule has 1 aromatic carbocycles. The van der Waals surface area contributed by atoms with E-state index in [1.807, 2.05) is 13.8 Å². The van der Waals surface area contributed by atoms with Gasteiger partial charge in [0, 0.05) is 18.0 Å². The van der Waals surface area contributed by atoms with Crippen molar-refractivity contribution in [3.05, 3.63) is 64.7 Å². The number of halogens is 1. The summed E-state index contributed by atoms with van der Waals surface area (Å²) in [4.78, 5) is 16.1. The fourth-order valence-electron chi connectivity index (χ4n) is 1.66. The summed E-state index contributed by atoms with van der Waals surface area (Å²) in [5.74, 6) is -0.819. The molecule has 0 fully saturated rings. The lowest BCUT2D eigenvalue weighted by Gasteiger charge is -2.06. The van der Waals surface area contributed by atoms with Gasteiger partial charge in [-0.3, -0.25) is 9.78 Å². The third-order valence-corrected chi connectivity index (χ3v) is 2.65. The lowest BCUT2D eigenvalue weighted by atomic mass is 9.99. The maximum Gasteiger partial charge on any atom is 0.197 e. The number of hydrogen-bond donors (Lipinski definition) is 0. The van der Waals surface area contributed by atoms with Crippen LogP contribution in [0.4, 0.5) is 4.39 Å². The second-order valence-electron chi connectivity index (χ2n) is 4.00. The summed E-state index contributed by atoms with van der Waals surface area (Å²) in [5, 5.41) is 0. The van der Waals surface area contributed by atoms with E-state index < -0.39 is 5.82 Å². The zero-order chi connectivity index (χ0) is 12.4. The summed E-state index contributed by atoms with van der Waals surface area (Å²) < 4.78 is 13.6. The van der Waals surface area contributed by atoms with E-state index in [4.69, 9.17) is 0 Å². The highest BCUT2D eigenvalue weighted by molar-refractivity contribution is 6.09. The van der Waals surface area contributed by atoms with E-state index in [0.717, 1.165) is 11.1 Å². The van der Waals surface area contributed by atoms with Crippen molar-refractivity contribution >= 4 is 5.78 Å². The first-order chi connectivity index (χ1) is 8.09. The Balaban J connectivity index is 2.51. The third kappa shape index (κ3) is 2.23. The molecule has 0 amide bonds. The molecule has 1 aromatic heterocycles. The van der Waals surface area contributed by atoms with Gasteiger partial charge in [0.05, 0.1) is 5.56 Å². The van der Waals surface area contributed by atoms with Crippen LogP contribution >= 0.6 is 0 Å².